The molecule has 1 nitrogen and oxygen atoms in total. The van der Waals surface area contributed by atoms with Crippen molar-refractivity contribution in [2.45, 2.75) is 10.7 Å². The first-order valence-corrected chi connectivity index (χ1v) is 11.6. The van der Waals surface area contributed by atoms with E-state index < -0.39 is 7.14 Å². The summed E-state index contributed by atoms with van der Waals surface area (Å²) >= 11 is 7.08. The van der Waals surface area contributed by atoms with E-state index in [9.17, 15) is 4.57 Å². The van der Waals surface area contributed by atoms with Crippen molar-refractivity contribution in [1.82, 2.24) is 0 Å². The molecule has 0 amide bonds. The van der Waals surface area contributed by atoms with E-state index in [0.717, 1.165) is 32.1 Å². The van der Waals surface area contributed by atoms with Gasteiger partial charge in [0.15, 0.2) is 7.14 Å². The molecule has 0 aromatic heterocycles. The molecular formula is C20H17Br2OP. The van der Waals surface area contributed by atoms with E-state index in [1.54, 1.807) is 0 Å². The molecule has 0 bridgehead atoms. The highest BCUT2D eigenvalue weighted by atomic mass is 79.9. The number of hydrogen-bond acceptors (Lipinski definition) is 1. The van der Waals surface area contributed by atoms with Crippen molar-refractivity contribution in [3.8, 4) is 0 Å². The van der Waals surface area contributed by atoms with Crippen LogP contribution in [-0.2, 0) is 15.2 Å². The van der Waals surface area contributed by atoms with E-state index in [1.165, 1.54) is 5.56 Å². The molecule has 24 heavy (non-hydrogen) atoms. The summed E-state index contributed by atoms with van der Waals surface area (Å²) in [6, 6.07) is 25.7. The maximum Gasteiger partial charge on any atom is 0.171 e. The third-order valence-electron chi connectivity index (χ3n) is 4.08. The van der Waals surface area contributed by atoms with Gasteiger partial charge in [-0.2, -0.15) is 0 Å². The predicted molar refractivity (Wildman–Crippen MR) is 111 cm³/mol. The predicted octanol–water partition coefficient (Wildman–Crippen LogP) is 5.12. The maximum absolute atomic E-state index is 14.3. The summed E-state index contributed by atoms with van der Waals surface area (Å²) in [5.41, 5.74) is 2.37. The van der Waals surface area contributed by atoms with E-state index in [4.69, 9.17) is 0 Å². The van der Waals surface area contributed by atoms with Crippen LogP contribution in [0.2, 0.25) is 0 Å². The molecule has 3 aromatic carbocycles. The molecule has 0 saturated carbocycles. The molecule has 0 saturated heterocycles. The van der Waals surface area contributed by atoms with Gasteiger partial charge in [0.05, 0.1) is 0 Å². The molecule has 0 atom stereocenters. The summed E-state index contributed by atoms with van der Waals surface area (Å²) in [5, 5.41) is 4.13. The van der Waals surface area contributed by atoms with Crippen LogP contribution in [0.5, 0.6) is 0 Å². The molecule has 0 aliphatic carbocycles. The van der Waals surface area contributed by atoms with Gasteiger partial charge in [0, 0.05) is 26.6 Å². The molecule has 0 radical (unpaired) electrons. The van der Waals surface area contributed by atoms with Crippen LogP contribution in [0, 0.1) is 0 Å². The average molecular weight is 464 g/mol. The van der Waals surface area contributed by atoms with Crippen molar-refractivity contribution >= 4 is 54.9 Å². The monoisotopic (exact) mass is 462 g/mol. The van der Waals surface area contributed by atoms with Crippen LogP contribution in [0.25, 0.3) is 0 Å². The Balaban J connectivity index is 2.26. The number of rotatable bonds is 5. The van der Waals surface area contributed by atoms with Crippen LogP contribution in [0.4, 0.5) is 0 Å². The Labute approximate surface area is 159 Å². The number of benzene rings is 3. The molecule has 0 aliphatic heterocycles. The quantitative estimate of drug-likeness (QED) is 0.379. The number of halogens is 2. The average Bonchev–Trinajstić information content (AvgIpc) is 2.68. The van der Waals surface area contributed by atoms with Crippen LogP contribution in [0.1, 0.15) is 11.1 Å². The summed E-state index contributed by atoms with van der Waals surface area (Å²) in [5.74, 6) is 0. The van der Waals surface area contributed by atoms with Crippen LogP contribution < -0.4 is 15.9 Å². The fourth-order valence-electron chi connectivity index (χ4n) is 2.79. The third-order valence-corrected chi connectivity index (χ3v) is 8.35. The zero-order valence-electron chi connectivity index (χ0n) is 13.0. The Bertz CT molecular complexity index is 820. The van der Waals surface area contributed by atoms with Gasteiger partial charge in [-0.1, -0.05) is 105 Å². The molecule has 0 aliphatic rings. The fourth-order valence-corrected chi connectivity index (χ4v) is 6.56. The van der Waals surface area contributed by atoms with Gasteiger partial charge < -0.3 is 4.57 Å². The highest BCUT2D eigenvalue weighted by molar-refractivity contribution is 9.09. The molecule has 0 heterocycles. The molecule has 3 aromatic rings. The Kier molecular flexibility index (Phi) is 5.76. The lowest BCUT2D eigenvalue weighted by molar-refractivity contribution is 0.592. The maximum atomic E-state index is 14.3. The van der Waals surface area contributed by atoms with Crippen molar-refractivity contribution in [2.75, 3.05) is 0 Å². The first-order valence-electron chi connectivity index (χ1n) is 7.65. The normalized spacial score (nSPS) is 11.4. The molecule has 3 rings (SSSR count). The van der Waals surface area contributed by atoms with Gasteiger partial charge in [-0.3, -0.25) is 0 Å². The first-order chi connectivity index (χ1) is 11.7. The number of hydrogen-bond donors (Lipinski definition) is 0. The van der Waals surface area contributed by atoms with Gasteiger partial charge in [-0.15, -0.1) is 0 Å². The van der Waals surface area contributed by atoms with Crippen molar-refractivity contribution in [3.63, 3.8) is 0 Å². The van der Waals surface area contributed by atoms with E-state index in [0.29, 0.717) is 0 Å². The molecule has 122 valence electrons. The van der Waals surface area contributed by atoms with Crippen LogP contribution in [-0.4, -0.2) is 0 Å². The Morgan fingerprint density at radius 3 is 1.58 bits per heavy atom. The second-order valence-electron chi connectivity index (χ2n) is 5.50. The standard InChI is InChI=1S/C20H17Br2OP/c21-14-16-11-12-20(13-17(16)15-22)24(23,18-7-3-1-4-8-18)19-9-5-2-6-10-19/h1-13H,14-15H2. The van der Waals surface area contributed by atoms with Gasteiger partial charge in [0.2, 0.25) is 0 Å². The lowest BCUT2D eigenvalue weighted by Gasteiger charge is -2.21. The van der Waals surface area contributed by atoms with Gasteiger partial charge in [0.25, 0.3) is 0 Å². The topological polar surface area (TPSA) is 17.1 Å². The highest BCUT2D eigenvalue weighted by Crippen LogP contribution is 2.42. The van der Waals surface area contributed by atoms with Gasteiger partial charge in [-0.25, -0.2) is 0 Å². The smallest absolute Gasteiger partial charge is 0.171 e. The zero-order chi connectivity index (χ0) is 17.0. The number of alkyl halides is 2. The van der Waals surface area contributed by atoms with Crippen molar-refractivity contribution in [3.05, 3.63) is 90.0 Å². The molecule has 0 N–H and O–H groups in total. The van der Waals surface area contributed by atoms with Crippen molar-refractivity contribution < 1.29 is 4.57 Å². The second kappa shape index (κ2) is 7.82. The largest absolute Gasteiger partial charge is 0.309 e. The summed E-state index contributed by atoms with van der Waals surface area (Å²) in [6.45, 7) is 0. The summed E-state index contributed by atoms with van der Waals surface area (Å²) < 4.78 is 14.3. The van der Waals surface area contributed by atoms with Crippen molar-refractivity contribution in [1.29, 1.82) is 0 Å². The first kappa shape index (κ1) is 17.7. The molecule has 0 spiro atoms. The Morgan fingerprint density at radius 2 is 1.12 bits per heavy atom. The van der Waals surface area contributed by atoms with E-state index in [-0.39, 0.29) is 0 Å². The Morgan fingerprint density at radius 1 is 0.625 bits per heavy atom. The third kappa shape index (κ3) is 3.31. The van der Waals surface area contributed by atoms with E-state index >= 15 is 0 Å². The highest BCUT2D eigenvalue weighted by Gasteiger charge is 2.29. The minimum atomic E-state index is -2.88. The van der Waals surface area contributed by atoms with Crippen LogP contribution in [0.3, 0.4) is 0 Å². The molecule has 0 fully saturated rings. The van der Waals surface area contributed by atoms with Crippen LogP contribution in [0.15, 0.2) is 78.9 Å². The zero-order valence-corrected chi connectivity index (χ0v) is 17.1. The van der Waals surface area contributed by atoms with Gasteiger partial charge in [-0.05, 0) is 17.2 Å². The lowest BCUT2D eigenvalue weighted by atomic mass is 10.1. The molecule has 0 unspecified atom stereocenters. The second-order valence-corrected chi connectivity index (χ2v) is 9.39. The fraction of sp³-hybridized carbons (Fsp3) is 0.100. The lowest BCUT2D eigenvalue weighted by Crippen LogP contribution is -2.25. The van der Waals surface area contributed by atoms with Crippen molar-refractivity contribution in [2.24, 2.45) is 0 Å². The molecule has 4 heteroatoms. The Hall–Kier alpha value is -1.15. The van der Waals surface area contributed by atoms with E-state index in [1.807, 2.05) is 66.7 Å². The molecular weight excluding hydrogens is 447 g/mol. The van der Waals surface area contributed by atoms with Gasteiger partial charge in [0.1, 0.15) is 0 Å². The summed E-state index contributed by atoms with van der Waals surface area (Å²) in [7, 11) is -2.88. The SMILES string of the molecule is O=P(c1ccccc1)(c1ccccc1)c1ccc(CBr)c(CBr)c1. The minimum absolute atomic E-state index is 0.741. The minimum Gasteiger partial charge on any atom is -0.309 e. The summed E-state index contributed by atoms with van der Waals surface area (Å²) in [4.78, 5) is 0. The van der Waals surface area contributed by atoms with E-state index in [2.05, 4.69) is 44.0 Å². The van der Waals surface area contributed by atoms with Crippen LogP contribution >= 0.6 is 39.0 Å². The van der Waals surface area contributed by atoms with Gasteiger partial charge >= 0.3 is 0 Å². The summed E-state index contributed by atoms with van der Waals surface area (Å²) in [6.07, 6.45) is 0.